The number of nitriles is 1. The maximum absolute atomic E-state index is 8.46. The Morgan fingerprint density at radius 1 is 1.54 bits per heavy atom. The smallest absolute Gasteiger partial charge is 0.129 e. The normalized spacial score (nSPS) is 12.0. The number of hydrogen-bond acceptors (Lipinski definition) is 3. The lowest BCUT2D eigenvalue weighted by atomic mass is 10.3. The highest BCUT2D eigenvalue weighted by molar-refractivity contribution is 7.99. The number of rotatable bonds is 3. The van der Waals surface area contributed by atoms with Gasteiger partial charge in [-0.05, 0) is 12.1 Å². The fourth-order valence-corrected chi connectivity index (χ4v) is 1.81. The van der Waals surface area contributed by atoms with E-state index in [9.17, 15) is 0 Å². The Morgan fingerprint density at radius 2 is 2.23 bits per heavy atom. The molecule has 1 unspecified atom stereocenters. The third-order valence-corrected chi connectivity index (χ3v) is 3.06. The van der Waals surface area contributed by atoms with E-state index in [4.69, 9.17) is 22.6 Å². The summed E-state index contributed by atoms with van der Waals surface area (Å²) in [5.41, 5.74) is 6.43. The first-order valence-electron chi connectivity index (χ1n) is 3.75. The SMILES string of the molecule is N#CC(Cl)CSc1ccccc1N. The highest BCUT2D eigenvalue weighted by Crippen LogP contribution is 2.25. The van der Waals surface area contributed by atoms with Crippen LogP contribution in [0.4, 0.5) is 5.69 Å². The molecule has 0 spiro atoms. The lowest BCUT2D eigenvalue weighted by Crippen LogP contribution is -1.98. The zero-order valence-corrected chi connectivity index (χ0v) is 8.48. The zero-order chi connectivity index (χ0) is 9.68. The molecule has 0 saturated heterocycles. The predicted molar refractivity (Wildman–Crippen MR) is 56.8 cm³/mol. The van der Waals surface area contributed by atoms with Crippen molar-refractivity contribution in [3.05, 3.63) is 24.3 Å². The van der Waals surface area contributed by atoms with Crippen molar-refractivity contribution >= 4 is 29.1 Å². The standard InChI is InChI=1S/C9H9ClN2S/c10-7(5-11)6-13-9-4-2-1-3-8(9)12/h1-4,7H,6,12H2. The summed E-state index contributed by atoms with van der Waals surface area (Å²) in [6, 6.07) is 9.50. The topological polar surface area (TPSA) is 49.8 Å². The molecule has 2 N–H and O–H groups in total. The van der Waals surface area contributed by atoms with E-state index in [2.05, 4.69) is 0 Å². The number of nitrogens with zero attached hydrogens (tertiary/aromatic N) is 1. The summed E-state index contributed by atoms with van der Waals surface area (Å²) in [5.74, 6) is 0.562. The van der Waals surface area contributed by atoms with Crippen molar-refractivity contribution in [2.45, 2.75) is 10.3 Å². The quantitative estimate of drug-likeness (QED) is 0.476. The van der Waals surface area contributed by atoms with E-state index in [1.807, 2.05) is 30.3 Å². The molecule has 68 valence electrons. The largest absolute Gasteiger partial charge is 0.398 e. The van der Waals surface area contributed by atoms with Gasteiger partial charge in [-0.15, -0.1) is 23.4 Å². The first kappa shape index (κ1) is 10.2. The van der Waals surface area contributed by atoms with Crippen LogP contribution < -0.4 is 5.73 Å². The molecule has 0 saturated carbocycles. The van der Waals surface area contributed by atoms with Crippen LogP contribution in [0.1, 0.15) is 0 Å². The molecule has 13 heavy (non-hydrogen) atoms. The Hall–Kier alpha value is -0.850. The van der Waals surface area contributed by atoms with Crippen molar-refractivity contribution in [1.82, 2.24) is 0 Å². The van der Waals surface area contributed by atoms with Gasteiger partial charge in [0.25, 0.3) is 0 Å². The number of thioether (sulfide) groups is 1. The molecule has 1 rings (SSSR count). The highest BCUT2D eigenvalue weighted by Gasteiger charge is 2.04. The number of hydrogen-bond donors (Lipinski definition) is 1. The fourth-order valence-electron chi connectivity index (χ4n) is 0.812. The molecule has 0 aromatic heterocycles. The van der Waals surface area contributed by atoms with E-state index >= 15 is 0 Å². The minimum Gasteiger partial charge on any atom is -0.398 e. The molecule has 0 heterocycles. The van der Waals surface area contributed by atoms with Gasteiger partial charge in [0.15, 0.2) is 0 Å². The van der Waals surface area contributed by atoms with Crippen molar-refractivity contribution in [1.29, 1.82) is 5.26 Å². The molecule has 0 amide bonds. The first-order valence-corrected chi connectivity index (χ1v) is 5.17. The molecule has 0 bridgehead atoms. The maximum atomic E-state index is 8.46. The van der Waals surface area contributed by atoms with Gasteiger partial charge in [0.2, 0.25) is 0 Å². The molecule has 0 aliphatic rings. The molecule has 4 heteroatoms. The summed E-state index contributed by atoms with van der Waals surface area (Å²) in [6.45, 7) is 0. The van der Waals surface area contributed by atoms with Crippen LogP contribution in [-0.4, -0.2) is 11.1 Å². The average Bonchev–Trinajstić information content (AvgIpc) is 2.16. The fraction of sp³-hybridized carbons (Fsp3) is 0.222. The Bertz CT molecular complexity index is 322. The Morgan fingerprint density at radius 3 is 2.85 bits per heavy atom. The van der Waals surface area contributed by atoms with Crippen LogP contribution >= 0.6 is 23.4 Å². The number of nitrogens with two attached hydrogens (primary N) is 1. The molecule has 0 radical (unpaired) electrons. The number of alkyl halides is 1. The molecule has 0 fully saturated rings. The summed E-state index contributed by atoms with van der Waals surface area (Å²) >= 11 is 7.15. The summed E-state index contributed by atoms with van der Waals surface area (Å²) in [7, 11) is 0. The van der Waals surface area contributed by atoms with E-state index in [1.165, 1.54) is 11.8 Å². The lowest BCUT2D eigenvalue weighted by Gasteiger charge is -2.04. The van der Waals surface area contributed by atoms with Crippen molar-refractivity contribution in [2.75, 3.05) is 11.5 Å². The predicted octanol–water partition coefficient (Wildman–Crippen LogP) is 2.49. The van der Waals surface area contributed by atoms with Gasteiger partial charge in [-0.1, -0.05) is 12.1 Å². The molecule has 1 aromatic rings. The van der Waals surface area contributed by atoms with Crippen LogP contribution in [0.5, 0.6) is 0 Å². The van der Waals surface area contributed by atoms with Crippen molar-refractivity contribution in [2.24, 2.45) is 0 Å². The van der Waals surface area contributed by atoms with Gasteiger partial charge in [0.05, 0.1) is 6.07 Å². The molecule has 1 atom stereocenters. The number of anilines is 1. The van der Waals surface area contributed by atoms with E-state index in [-0.39, 0.29) is 0 Å². The second-order valence-corrected chi connectivity index (χ2v) is 4.03. The average molecular weight is 213 g/mol. The lowest BCUT2D eigenvalue weighted by molar-refractivity contribution is 1.24. The third-order valence-electron chi connectivity index (χ3n) is 1.44. The van der Waals surface area contributed by atoms with Crippen LogP contribution in [0.15, 0.2) is 29.2 Å². The third kappa shape index (κ3) is 3.17. The Balaban J connectivity index is 2.56. The van der Waals surface area contributed by atoms with Crippen LogP contribution in [0.25, 0.3) is 0 Å². The second-order valence-electron chi connectivity index (χ2n) is 2.45. The maximum Gasteiger partial charge on any atom is 0.129 e. The van der Waals surface area contributed by atoms with Gasteiger partial charge < -0.3 is 5.73 Å². The van der Waals surface area contributed by atoms with Crippen molar-refractivity contribution in [3.8, 4) is 6.07 Å². The van der Waals surface area contributed by atoms with E-state index < -0.39 is 5.38 Å². The number of halogens is 1. The van der Waals surface area contributed by atoms with Gasteiger partial charge in [-0.25, -0.2) is 0 Å². The first-order chi connectivity index (χ1) is 6.24. The van der Waals surface area contributed by atoms with Gasteiger partial charge in [0, 0.05) is 16.3 Å². The summed E-state index contributed by atoms with van der Waals surface area (Å²) < 4.78 is 0. The monoisotopic (exact) mass is 212 g/mol. The second kappa shape index (κ2) is 5.00. The van der Waals surface area contributed by atoms with E-state index in [1.54, 1.807) is 0 Å². The van der Waals surface area contributed by atoms with Crippen molar-refractivity contribution < 1.29 is 0 Å². The Labute approximate surface area is 86.7 Å². The highest BCUT2D eigenvalue weighted by atomic mass is 35.5. The summed E-state index contributed by atoms with van der Waals surface area (Å²) in [5, 5.41) is 8.00. The summed E-state index contributed by atoms with van der Waals surface area (Å²) in [6.07, 6.45) is 0. The van der Waals surface area contributed by atoms with E-state index in [0.29, 0.717) is 5.75 Å². The Kier molecular flexibility index (Phi) is 3.94. The van der Waals surface area contributed by atoms with Gasteiger partial charge in [-0.2, -0.15) is 5.26 Å². The summed E-state index contributed by atoms with van der Waals surface area (Å²) in [4.78, 5) is 0.975. The number of benzene rings is 1. The molecule has 1 aromatic carbocycles. The van der Waals surface area contributed by atoms with Gasteiger partial charge in [0.1, 0.15) is 5.38 Å². The molecule has 0 aliphatic carbocycles. The number of para-hydroxylation sites is 1. The van der Waals surface area contributed by atoms with E-state index in [0.717, 1.165) is 10.6 Å². The molecular formula is C9H9ClN2S. The van der Waals surface area contributed by atoms with Crippen LogP contribution in [0, 0.1) is 11.3 Å². The van der Waals surface area contributed by atoms with Crippen molar-refractivity contribution in [3.63, 3.8) is 0 Å². The zero-order valence-electron chi connectivity index (χ0n) is 6.90. The minimum absolute atomic E-state index is 0.454. The molecular weight excluding hydrogens is 204 g/mol. The molecule has 0 aliphatic heterocycles. The van der Waals surface area contributed by atoms with Crippen LogP contribution in [0.2, 0.25) is 0 Å². The minimum atomic E-state index is -0.454. The number of nitrogen functional groups attached to an aromatic ring is 1. The molecule has 2 nitrogen and oxygen atoms in total. The van der Waals surface area contributed by atoms with Gasteiger partial charge >= 0.3 is 0 Å². The van der Waals surface area contributed by atoms with Crippen LogP contribution in [-0.2, 0) is 0 Å². The van der Waals surface area contributed by atoms with Crippen LogP contribution in [0.3, 0.4) is 0 Å². The van der Waals surface area contributed by atoms with Gasteiger partial charge in [-0.3, -0.25) is 0 Å².